The molecular formula is C18H23N3O3S. The summed E-state index contributed by atoms with van der Waals surface area (Å²) in [4.78, 5) is 23.7. The molecule has 25 heavy (non-hydrogen) atoms. The topological polar surface area (TPSA) is 105 Å². The predicted molar refractivity (Wildman–Crippen MR) is 96.7 cm³/mol. The smallest absolute Gasteiger partial charge is 0.336 e. The Labute approximate surface area is 152 Å². The van der Waals surface area contributed by atoms with Gasteiger partial charge in [-0.2, -0.15) is 5.26 Å². The molecule has 0 saturated carbocycles. The Morgan fingerprint density at radius 1 is 1.48 bits per heavy atom. The highest BCUT2D eigenvalue weighted by molar-refractivity contribution is 8.03. The van der Waals surface area contributed by atoms with Gasteiger partial charge in [0.15, 0.2) is 0 Å². The number of esters is 1. The van der Waals surface area contributed by atoms with E-state index in [2.05, 4.69) is 23.5 Å². The summed E-state index contributed by atoms with van der Waals surface area (Å²) in [5.74, 6) is -0.941. The van der Waals surface area contributed by atoms with Crippen molar-refractivity contribution in [2.45, 2.75) is 33.1 Å². The minimum absolute atomic E-state index is 0.0762. The number of dihydropyridines is 1. The first-order chi connectivity index (χ1) is 12.0. The van der Waals surface area contributed by atoms with Crippen LogP contribution in [0, 0.1) is 23.2 Å². The molecule has 7 heteroatoms. The molecule has 2 atom stereocenters. The van der Waals surface area contributed by atoms with Crippen LogP contribution in [-0.4, -0.2) is 24.2 Å². The molecule has 2 rings (SSSR count). The van der Waals surface area contributed by atoms with E-state index in [4.69, 9.17) is 10.5 Å². The fraction of sp³-hybridized carbons (Fsp3) is 0.500. The minimum Gasteiger partial charge on any atom is -0.463 e. The van der Waals surface area contributed by atoms with Crippen LogP contribution in [0.3, 0.4) is 0 Å². The molecule has 0 radical (unpaired) electrons. The molecule has 1 aliphatic carbocycles. The van der Waals surface area contributed by atoms with Gasteiger partial charge in [0.1, 0.15) is 0 Å². The lowest BCUT2D eigenvalue weighted by atomic mass is 9.73. The van der Waals surface area contributed by atoms with Gasteiger partial charge in [-0.25, -0.2) is 4.79 Å². The number of nitrogens with two attached hydrogens (primary N) is 1. The maximum absolute atomic E-state index is 12.5. The third-order valence-corrected chi connectivity index (χ3v) is 5.37. The van der Waals surface area contributed by atoms with Gasteiger partial charge in [-0.05, 0) is 39.0 Å². The summed E-state index contributed by atoms with van der Waals surface area (Å²) in [6, 6.07) is 2.25. The third kappa shape index (κ3) is 4.45. The van der Waals surface area contributed by atoms with E-state index >= 15 is 0 Å². The molecule has 0 aromatic rings. The van der Waals surface area contributed by atoms with Gasteiger partial charge in [-0.15, -0.1) is 0 Å². The third-order valence-electron chi connectivity index (χ3n) is 4.33. The van der Waals surface area contributed by atoms with Crippen molar-refractivity contribution in [3.63, 3.8) is 0 Å². The molecule has 1 heterocycles. The van der Waals surface area contributed by atoms with Crippen molar-refractivity contribution in [3.8, 4) is 6.07 Å². The van der Waals surface area contributed by atoms with Crippen molar-refractivity contribution < 1.29 is 14.3 Å². The van der Waals surface area contributed by atoms with E-state index < -0.39 is 11.9 Å². The summed E-state index contributed by atoms with van der Waals surface area (Å²) < 4.78 is 5.23. The first-order valence-corrected chi connectivity index (χ1v) is 9.33. The molecule has 6 nitrogen and oxygen atoms in total. The van der Waals surface area contributed by atoms with Crippen LogP contribution in [0.4, 0.5) is 0 Å². The van der Waals surface area contributed by atoms with Crippen LogP contribution < -0.4 is 11.1 Å². The van der Waals surface area contributed by atoms with Crippen molar-refractivity contribution in [2.75, 3.05) is 12.4 Å². The monoisotopic (exact) mass is 361 g/mol. The zero-order chi connectivity index (χ0) is 18.4. The molecule has 1 amide bonds. The first-order valence-electron chi connectivity index (χ1n) is 8.34. The van der Waals surface area contributed by atoms with Crippen LogP contribution in [0.25, 0.3) is 0 Å². The standard InChI is InChI=1S/C18H23N3O3S/c1-3-24-18(23)15-11(2)21-17(25-10-14(20)22)13(9-19)16(15)12-7-5-4-6-8-12/h4-5,12,16,21H,3,6-8,10H2,1-2H3,(H2,20,22)/t12-,16-/m0/s1. The Hall–Kier alpha value is -2.20. The molecular weight excluding hydrogens is 338 g/mol. The molecule has 134 valence electrons. The number of nitriles is 1. The highest BCUT2D eigenvalue weighted by atomic mass is 32.2. The second kappa shape index (κ2) is 8.77. The zero-order valence-corrected chi connectivity index (χ0v) is 15.3. The van der Waals surface area contributed by atoms with Crippen LogP contribution in [0.5, 0.6) is 0 Å². The van der Waals surface area contributed by atoms with Gasteiger partial charge < -0.3 is 15.8 Å². The molecule has 0 bridgehead atoms. The SMILES string of the molecule is CCOC(=O)C1=C(C)NC(SCC(N)=O)=C(C#N)[C@@H]1[C@H]1CC=CCC1. The maximum Gasteiger partial charge on any atom is 0.336 e. The van der Waals surface area contributed by atoms with Crippen LogP contribution in [0.1, 0.15) is 33.1 Å². The van der Waals surface area contributed by atoms with Crippen LogP contribution >= 0.6 is 11.8 Å². The van der Waals surface area contributed by atoms with E-state index in [0.29, 0.717) is 21.9 Å². The lowest BCUT2D eigenvalue weighted by Crippen LogP contribution is -2.34. The summed E-state index contributed by atoms with van der Waals surface area (Å²) in [6.07, 6.45) is 6.85. The number of allylic oxidation sites excluding steroid dienone is 4. The zero-order valence-electron chi connectivity index (χ0n) is 14.5. The normalized spacial score (nSPS) is 23.1. The van der Waals surface area contributed by atoms with Crippen molar-refractivity contribution in [1.29, 1.82) is 5.26 Å². The molecule has 0 aromatic carbocycles. The molecule has 0 unspecified atom stereocenters. The second-order valence-corrected chi connectivity index (χ2v) is 7.00. The molecule has 0 spiro atoms. The largest absolute Gasteiger partial charge is 0.463 e. The van der Waals surface area contributed by atoms with E-state index in [1.165, 1.54) is 11.8 Å². The van der Waals surface area contributed by atoms with Crippen molar-refractivity contribution in [2.24, 2.45) is 17.6 Å². The summed E-state index contributed by atoms with van der Waals surface area (Å²) >= 11 is 1.20. The Bertz CT molecular complexity index is 688. The molecule has 0 fully saturated rings. The summed E-state index contributed by atoms with van der Waals surface area (Å²) in [7, 11) is 0. The minimum atomic E-state index is -0.452. The van der Waals surface area contributed by atoms with Crippen molar-refractivity contribution in [3.05, 3.63) is 34.0 Å². The number of thioether (sulfide) groups is 1. The lowest BCUT2D eigenvalue weighted by molar-refractivity contribution is -0.139. The van der Waals surface area contributed by atoms with Crippen molar-refractivity contribution in [1.82, 2.24) is 5.32 Å². The molecule has 3 N–H and O–H groups in total. The van der Waals surface area contributed by atoms with Crippen LogP contribution in [0.2, 0.25) is 0 Å². The number of amides is 1. The number of nitrogens with zero attached hydrogens (tertiary/aromatic N) is 1. The average molecular weight is 361 g/mol. The number of nitrogens with one attached hydrogen (secondary N) is 1. The second-order valence-electron chi connectivity index (χ2n) is 6.02. The summed E-state index contributed by atoms with van der Waals surface area (Å²) in [6.45, 7) is 3.84. The average Bonchev–Trinajstić information content (AvgIpc) is 2.60. The van der Waals surface area contributed by atoms with E-state index in [0.717, 1.165) is 19.3 Å². The maximum atomic E-state index is 12.5. The number of hydrogen-bond acceptors (Lipinski definition) is 6. The number of rotatable bonds is 6. The van der Waals surface area contributed by atoms with Gasteiger partial charge in [0.25, 0.3) is 0 Å². The Kier molecular flexibility index (Phi) is 6.71. The lowest BCUT2D eigenvalue weighted by Gasteiger charge is -2.34. The number of carbonyl (C=O) groups excluding carboxylic acids is 2. The van der Waals surface area contributed by atoms with Gasteiger partial charge in [-0.1, -0.05) is 23.9 Å². The van der Waals surface area contributed by atoms with Gasteiger partial charge in [0.2, 0.25) is 5.91 Å². The van der Waals surface area contributed by atoms with Gasteiger partial charge in [-0.3, -0.25) is 4.79 Å². The van der Waals surface area contributed by atoms with E-state index in [-0.39, 0.29) is 24.2 Å². The van der Waals surface area contributed by atoms with Crippen LogP contribution in [0.15, 0.2) is 34.0 Å². The quantitative estimate of drug-likeness (QED) is 0.556. The molecule has 0 aromatic heterocycles. The van der Waals surface area contributed by atoms with Gasteiger partial charge in [0.05, 0.1) is 34.6 Å². The van der Waals surface area contributed by atoms with E-state index in [1.54, 1.807) is 13.8 Å². The fourth-order valence-electron chi connectivity index (χ4n) is 3.28. The summed E-state index contributed by atoms with van der Waals surface area (Å²) in [5, 5.41) is 13.5. The first kappa shape index (κ1) is 19.1. The van der Waals surface area contributed by atoms with E-state index in [1.807, 2.05) is 0 Å². The highest BCUT2D eigenvalue weighted by Crippen LogP contribution is 2.42. The molecule has 0 saturated heterocycles. The van der Waals surface area contributed by atoms with Gasteiger partial charge >= 0.3 is 5.97 Å². The molecule has 2 aliphatic rings. The highest BCUT2D eigenvalue weighted by Gasteiger charge is 2.39. The number of hydrogen-bond donors (Lipinski definition) is 2. The van der Waals surface area contributed by atoms with E-state index in [9.17, 15) is 14.9 Å². The Morgan fingerprint density at radius 2 is 2.24 bits per heavy atom. The predicted octanol–water partition coefficient (Wildman–Crippen LogP) is 2.35. The number of primary amides is 1. The Balaban J connectivity index is 2.44. The number of ether oxygens (including phenoxy) is 1. The Morgan fingerprint density at radius 3 is 2.80 bits per heavy atom. The van der Waals surface area contributed by atoms with Crippen molar-refractivity contribution >= 4 is 23.6 Å². The molecule has 1 aliphatic heterocycles. The van der Waals surface area contributed by atoms with Crippen LogP contribution in [-0.2, 0) is 14.3 Å². The summed E-state index contributed by atoms with van der Waals surface area (Å²) in [5.41, 5.74) is 6.91. The number of carbonyl (C=O) groups is 2. The van der Waals surface area contributed by atoms with Gasteiger partial charge in [0, 0.05) is 11.6 Å². The fourth-order valence-corrected chi connectivity index (χ4v) is 4.12.